The Balaban J connectivity index is 1.71. The van der Waals surface area contributed by atoms with Crippen molar-refractivity contribution in [3.05, 3.63) is 28.5 Å². The van der Waals surface area contributed by atoms with E-state index in [0.29, 0.717) is 12.5 Å². The maximum absolute atomic E-state index is 11.4. The molecule has 86 valence electrons. The Morgan fingerprint density at radius 1 is 1.69 bits per heavy atom. The quantitative estimate of drug-likeness (QED) is 0.763. The van der Waals surface area contributed by atoms with Crippen LogP contribution in [0.4, 0.5) is 0 Å². The molecule has 0 radical (unpaired) electrons. The predicted molar refractivity (Wildman–Crippen MR) is 67.1 cm³/mol. The molecular weight excluding hydrogens is 220 g/mol. The molecule has 0 bridgehead atoms. The first kappa shape index (κ1) is 11.4. The largest absolute Gasteiger partial charge is 0.351 e. The van der Waals surface area contributed by atoms with Gasteiger partial charge in [-0.3, -0.25) is 4.79 Å². The lowest BCUT2D eigenvalue weighted by atomic mass is 10.2. The summed E-state index contributed by atoms with van der Waals surface area (Å²) in [6.07, 6.45) is 5.80. The van der Waals surface area contributed by atoms with E-state index in [4.69, 9.17) is 5.73 Å². The Bertz CT molecular complexity index is 368. The van der Waals surface area contributed by atoms with Gasteiger partial charge >= 0.3 is 0 Å². The Morgan fingerprint density at radius 2 is 2.50 bits per heavy atom. The van der Waals surface area contributed by atoms with E-state index in [1.165, 1.54) is 12.8 Å². The molecule has 2 rings (SSSR count). The minimum atomic E-state index is -0.0653. The van der Waals surface area contributed by atoms with Gasteiger partial charge in [0.05, 0.1) is 0 Å². The molecule has 4 heteroatoms. The monoisotopic (exact) mass is 236 g/mol. The molecule has 1 aromatic rings. The van der Waals surface area contributed by atoms with Crippen molar-refractivity contribution in [3.8, 4) is 0 Å². The highest BCUT2D eigenvalue weighted by Crippen LogP contribution is 2.31. The molecule has 0 aliphatic heterocycles. The van der Waals surface area contributed by atoms with Crippen LogP contribution in [0.5, 0.6) is 0 Å². The first-order valence-corrected chi connectivity index (χ1v) is 6.38. The third kappa shape index (κ3) is 3.47. The summed E-state index contributed by atoms with van der Waals surface area (Å²) in [4.78, 5) is 12.5. The average Bonchev–Trinajstić information content (AvgIpc) is 3.01. The zero-order valence-electron chi connectivity index (χ0n) is 9.06. The fourth-order valence-electron chi connectivity index (χ4n) is 1.51. The average molecular weight is 236 g/mol. The van der Waals surface area contributed by atoms with Crippen LogP contribution in [0.2, 0.25) is 0 Å². The van der Waals surface area contributed by atoms with E-state index in [2.05, 4.69) is 5.32 Å². The van der Waals surface area contributed by atoms with Gasteiger partial charge in [0.2, 0.25) is 5.91 Å². The topological polar surface area (TPSA) is 55.1 Å². The second kappa shape index (κ2) is 5.27. The first-order valence-electron chi connectivity index (χ1n) is 5.50. The SMILES string of the molecule is NC(CNC(=O)/C=C/c1cccs1)C1CC1. The summed E-state index contributed by atoms with van der Waals surface area (Å²) < 4.78 is 0. The van der Waals surface area contributed by atoms with Gasteiger partial charge in [-0.25, -0.2) is 0 Å². The van der Waals surface area contributed by atoms with E-state index >= 15 is 0 Å². The number of hydrogen-bond donors (Lipinski definition) is 2. The third-order valence-corrected chi connectivity index (χ3v) is 3.52. The molecule has 1 saturated carbocycles. The highest BCUT2D eigenvalue weighted by Gasteiger charge is 2.28. The number of amides is 1. The van der Waals surface area contributed by atoms with Crippen molar-refractivity contribution >= 4 is 23.3 Å². The maximum Gasteiger partial charge on any atom is 0.244 e. The van der Waals surface area contributed by atoms with E-state index in [-0.39, 0.29) is 11.9 Å². The standard InChI is InChI=1S/C12H16N2OS/c13-11(9-3-4-9)8-14-12(15)6-5-10-2-1-7-16-10/h1-2,5-7,9,11H,3-4,8,13H2,(H,14,15)/b6-5+. The van der Waals surface area contributed by atoms with Crippen molar-refractivity contribution in [2.45, 2.75) is 18.9 Å². The van der Waals surface area contributed by atoms with Crippen LogP contribution in [-0.4, -0.2) is 18.5 Å². The van der Waals surface area contributed by atoms with Crippen molar-refractivity contribution in [2.24, 2.45) is 11.7 Å². The van der Waals surface area contributed by atoms with Gasteiger partial charge in [0.25, 0.3) is 0 Å². The molecule has 16 heavy (non-hydrogen) atoms. The fourth-order valence-corrected chi connectivity index (χ4v) is 2.13. The van der Waals surface area contributed by atoms with Crippen LogP contribution in [0, 0.1) is 5.92 Å². The lowest BCUT2D eigenvalue weighted by Gasteiger charge is -2.09. The van der Waals surface area contributed by atoms with Crippen molar-refractivity contribution in [2.75, 3.05) is 6.54 Å². The van der Waals surface area contributed by atoms with E-state index < -0.39 is 0 Å². The number of nitrogens with one attached hydrogen (secondary N) is 1. The summed E-state index contributed by atoms with van der Waals surface area (Å²) in [5.74, 6) is 0.561. The maximum atomic E-state index is 11.4. The summed E-state index contributed by atoms with van der Waals surface area (Å²) in [7, 11) is 0. The van der Waals surface area contributed by atoms with Crippen molar-refractivity contribution < 1.29 is 4.79 Å². The van der Waals surface area contributed by atoms with Crippen molar-refractivity contribution in [3.63, 3.8) is 0 Å². The summed E-state index contributed by atoms with van der Waals surface area (Å²) >= 11 is 1.61. The highest BCUT2D eigenvalue weighted by molar-refractivity contribution is 7.10. The minimum absolute atomic E-state index is 0.0653. The lowest BCUT2D eigenvalue weighted by Crippen LogP contribution is -2.37. The van der Waals surface area contributed by atoms with Gasteiger partial charge in [0, 0.05) is 23.5 Å². The molecular formula is C12H16N2OS. The van der Waals surface area contributed by atoms with E-state index in [9.17, 15) is 4.79 Å². The molecule has 0 aromatic carbocycles. The normalized spacial score (nSPS) is 17.6. The Morgan fingerprint density at radius 3 is 3.12 bits per heavy atom. The predicted octanol–water partition coefficient (Wildman–Crippen LogP) is 1.61. The minimum Gasteiger partial charge on any atom is -0.351 e. The van der Waals surface area contributed by atoms with Crippen LogP contribution in [-0.2, 0) is 4.79 Å². The lowest BCUT2D eigenvalue weighted by molar-refractivity contribution is -0.116. The molecule has 1 unspecified atom stereocenters. The van der Waals surface area contributed by atoms with Gasteiger partial charge < -0.3 is 11.1 Å². The number of nitrogens with two attached hydrogens (primary N) is 1. The van der Waals surface area contributed by atoms with Crippen LogP contribution in [0.1, 0.15) is 17.7 Å². The fraction of sp³-hybridized carbons (Fsp3) is 0.417. The van der Waals surface area contributed by atoms with Crippen LogP contribution >= 0.6 is 11.3 Å². The molecule has 3 nitrogen and oxygen atoms in total. The molecule has 0 spiro atoms. The Kier molecular flexibility index (Phi) is 3.74. The molecule has 1 aliphatic carbocycles. The van der Waals surface area contributed by atoms with E-state index in [0.717, 1.165) is 4.88 Å². The molecule has 1 aromatic heterocycles. The second-order valence-electron chi connectivity index (χ2n) is 4.10. The molecule has 3 N–H and O–H groups in total. The number of hydrogen-bond acceptors (Lipinski definition) is 3. The van der Waals surface area contributed by atoms with Gasteiger partial charge in [-0.05, 0) is 36.3 Å². The molecule has 0 saturated heterocycles. The van der Waals surface area contributed by atoms with E-state index in [1.54, 1.807) is 17.4 Å². The molecule has 1 aliphatic rings. The van der Waals surface area contributed by atoms with Crippen LogP contribution in [0.3, 0.4) is 0 Å². The van der Waals surface area contributed by atoms with Crippen LogP contribution < -0.4 is 11.1 Å². The molecule has 1 heterocycles. The summed E-state index contributed by atoms with van der Waals surface area (Å²) in [6, 6.07) is 4.06. The number of carbonyl (C=O) groups excluding carboxylic acids is 1. The third-order valence-electron chi connectivity index (χ3n) is 2.68. The van der Waals surface area contributed by atoms with Gasteiger partial charge in [-0.2, -0.15) is 0 Å². The van der Waals surface area contributed by atoms with Crippen LogP contribution in [0.25, 0.3) is 6.08 Å². The van der Waals surface area contributed by atoms with Crippen molar-refractivity contribution in [1.82, 2.24) is 5.32 Å². The summed E-state index contributed by atoms with van der Waals surface area (Å²) in [5, 5.41) is 4.81. The van der Waals surface area contributed by atoms with Gasteiger partial charge in [-0.15, -0.1) is 11.3 Å². The highest BCUT2D eigenvalue weighted by atomic mass is 32.1. The number of carbonyl (C=O) groups is 1. The molecule has 1 amide bonds. The smallest absolute Gasteiger partial charge is 0.244 e. The first-order chi connectivity index (χ1) is 7.75. The van der Waals surface area contributed by atoms with Gasteiger partial charge in [0.1, 0.15) is 0 Å². The summed E-state index contributed by atoms with van der Waals surface area (Å²) in [5.41, 5.74) is 5.88. The molecule has 1 fully saturated rings. The number of rotatable bonds is 5. The molecule has 1 atom stereocenters. The second-order valence-corrected chi connectivity index (χ2v) is 5.07. The van der Waals surface area contributed by atoms with Gasteiger partial charge in [0.15, 0.2) is 0 Å². The van der Waals surface area contributed by atoms with Crippen LogP contribution in [0.15, 0.2) is 23.6 Å². The zero-order valence-corrected chi connectivity index (χ0v) is 9.87. The number of thiophene rings is 1. The Labute approximate surface area is 99.3 Å². The van der Waals surface area contributed by atoms with Crippen molar-refractivity contribution in [1.29, 1.82) is 0 Å². The Hall–Kier alpha value is -1.13. The zero-order chi connectivity index (χ0) is 11.4. The van der Waals surface area contributed by atoms with Gasteiger partial charge in [-0.1, -0.05) is 6.07 Å². The summed E-state index contributed by atoms with van der Waals surface area (Å²) in [6.45, 7) is 0.582. The van der Waals surface area contributed by atoms with E-state index in [1.807, 2.05) is 23.6 Å².